The molecule has 0 aliphatic carbocycles. The zero-order valence-corrected chi connectivity index (χ0v) is 12.5. The van der Waals surface area contributed by atoms with Gasteiger partial charge in [0.2, 0.25) is 0 Å². The molecule has 0 aromatic carbocycles. The lowest BCUT2D eigenvalue weighted by Crippen LogP contribution is -2.59. The van der Waals surface area contributed by atoms with Crippen LogP contribution < -0.4 is 5.32 Å². The van der Waals surface area contributed by atoms with Crippen molar-refractivity contribution in [1.82, 2.24) is 15.1 Å². The minimum atomic E-state index is -4.16. The lowest BCUT2D eigenvalue weighted by Gasteiger charge is -2.47. The molecule has 2 saturated heterocycles. The standard InChI is InChI=1S/C13H22B2F3N3/c1-10(13(16,17)18)20-7-2-11(3-8-20)21-9-6-19-5-4-12(21,14)15/h10-11,19H,2-9H2,1H3/t10-/m0/s1. The fraction of sp³-hybridized carbons (Fsp3) is 1.00. The number of hydrogen-bond donors (Lipinski definition) is 1. The average molecular weight is 299 g/mol. The van der Waals surface area contributed by atoms with E-state index in [0.29, 0.717) is 32.4 Å². The molecule has 4 radical (unpaired) electrons. The summed E-state index contributed by atoms with van der Waals surface area (Å²) < 4.78 is 38.3. The number of likely N-dealkylation sites (tertiary alicyclic amines) is 1. The van der Waals surface area contributed by atoms with E-state index in [2.05, 4.69) is 10.2 Å². The van der Waals surface area contributed by atoms with Crippen LogP contribution in [0.1, 0.15) is 26.2 Å². The molecule has 2 aliphatic heterocycles. The summed E-state index contributed by atoms with van der Waals surface area (Å²) in [5.74, 6) is 0. The molecule has 21 heavy (non-hydrogen) atoms. The summed E-state index contributed by atoms with van der Waals surface area (Å²) in [5, 5.41) is 2.39. The molecule has 116 valence electrons. The van der Waals surface area contributed by atoms with Crippen LogP contribution >= 0.6 is 0 Å². The van der Waals surface area contributed by atoms with Crippen LogP contribution in [0.2, 0.25) is 0 Å². The van der Waals surface area contributed by atoms with E-state index in [1.54, 1.807) is 0 Å². The second kappa shape index (κ2) is 6.50. The zero-order chi connectivity index (χ0) is 15.7. The second-order valence-corrected chi connectivity index (χ2v) is 6.17. The predicted octanol–water partition coefficient (Wildman–Crippen LogP) is 0.688. The number of hydrogen-bond acceptors (Lipinski definition) is 3. The minimum absolute atomic E-state index is 0.164. The van der Waals surface area contributed by atoms with Crippen LogP contribution in [0.25, 0.3) is 0 Å². The lowest BCUT2D eigenvalue weighted by molar-refractivity contribution is -0.182. The van der Waals surface area contributed by atoms with Crippen molar-refractivity contribution in [2.24, 2.45) is 0 Å². The SMILES string of the molecule is [B]C1([B])CCNCCN1C1CCN([C@@H](C)C(F)(F)F)CC1. The van der Waals surface area contributed by atoms with Gasteiger partial charge in [-0.25, -0.2) is 0 Å². The molecule has 3 nitrogen and oxygen atoms in total. The maximum Gasteiger partial charge on any atom is 0.403 e. The predicted molar refractivity (Wildman–Crippen MR) is 78.5 cm³/mol. The molecule has 1 atom stereocenters. The number of rotatable bonds is 2. The maximum atomic E-state index is 12.8. The molecule has 2 heterocycles. The van der Waals surface area contributed by atoms with E-state index in [0.717, 1.165) is 19.6 Å². The lowest BCUT2D eigenvalue weighted by atomic mass is 9.58. The molecule has 0 unspecified atom stereocenters. The molecular weight excluding hydrogens is 277 g/mol. The van der Waals surface area contributed by atoms with E-state index in [1.807, 2.05) is 0 Å². The van der Waals surface area contributed by atoms with Gasteiger partial charge in [0.25, 0.3) is 0 Å². The molecule has 1 N–H and O–H groups in total. The topological polar surface area (TPSA) is 18.5 Å². The first-order valence-electron chi connectivity index (χ1n) is 7.58. The molecular formula is C13H22B2F3N3. The number of nitrogens with zero attached hydrogens (tertiary/aromatic N) is 2. The van der Waals surface area contributed by atoms with Crippen LogP contribution in [-0.2, 0) is 0 Å². The Morgan fingerprint density at radius 3 is 2.33 bits per heavy atom. The van der Waals surface area contributed by atoms with E-state index in [1.165, 1.54) is 11.8 Å². The molecule has 2 fully saturated rings. The van der Waals surface area contributed by atoms with Crippen LogP contribution in [0, 0.1) is 0 Å². The Kier molecular flexibility index (Phi) is 5.31. The number of halogens is 3. The van der Waals surface area contributed by atoms with Gasteiger partial charge in [0.1, 0.15) is 6.04 Å². The van der Waals surface area contributed by atoms with E-state index in [4.69, 9.17) is 15.7 Å². The Bertz CT molecular complexity index is 344. The highest BCUT2D eigenvalue weighted by Gasteiger charge is 2.42. The minimum Gasteiger partial charge on any atom is -0.315 e. The van der Waals surface area contributed by atoms with Crippen LogP contribution in [0.3, 0.4) is 0 Å². The molecule has 2 aliphatic rings. The van der Waals surface area contributed by atoms with Crippen LogP contribution in [0.5, 0.6) is 0 Å². The van der Waals surface area contributed by atoms with Crippen molar-refractivity contribution < 1.29 is 13.2 Å². The summed E-state index contributed by atoms with van der Waals surface area (Å²) in [6.07, 6.45) is -2.16. The Hall–Kier alpha value is -0.200. The van der Waals surface area contributed by atoms with Gasteiger partial charge in [-0.05, 0) is 32.7 Å². The van der Waals surface area contributed by atoms with Gasteiger partial charge in [-0.3, -0.25) is 4.90 Å². The van der Waals surface area contributed by atoms with Gasteiger partial charge in [-0.15, -0.1) is 0 Å². The van der Waals surface area contributed by atoms with E-state index in [-0.39, 0.29) is 6.04 Å². The summed E-state index contributed by atoms with van der Waals surface area (Å²) in [6.45, 7) is 4.43. The normalized spacial score (nSPS) is 28.2. The van der Waals surface area contributed by atoms with Gasteiger partial charge in [0, 0.05) is 32.2 Å². The Labute approximate surface area is 127 Å². The monoisotopic (exact) mass is 299 g/mol. The van der Waals surface area contributed by atoms with E-state index in [9.17, 15) is 13.2 Å². The number of nitrogens with one attached hydrogen (secondary N) is 1. The van der Waals surface area contributed by atoms with Crippen molar-refractivity contribution in [2.45, 2.75) is 49.8 Å². The highest BCUT2D eigenvalue weighted by molar-refractivity contribution is 6.40. The first kappa shape index (κ1) is 17.2. The van der Waals surface area contributed by atoms with Gasteiger partial charge in [-0.2, -0.15) is 13.2 Å². The number of piperidine rings is 1. The Morgan fingerprint density at radius 1 is 1.14 bits per heavy atom. The first-order valence-corrected chi connectivity index (χ1v) is 7.58. The molecule has 0 spiro atoms. The largest absolute Gasteiger partial charge is 0.403 e. The molecule has 0 aromatic rings. The fourth-order valence-electron chi connectivity index (χ4n) is 3.28. The van der Waals surface area contributed by atoms with Crippen molar-refractivity contribution in [3.05, 3.63) is 0 Å². The van der Waals surface area contributed by atoms with Crippen molar-refractivity contribution in [2.75, 3.05) is 32.7 Å². The molecule has 2 rings (SSSR count). The van der Waals surface area contributed by atoms with Crippen molar-refractivity contribution >= 4 is 15.7 Å². The molecule has 0 amide bonds. The summed E-state index contributed by atoms with van der Waals surface area (Å²) in [7, 11) is 12.4. The van der Waals surface area contributed by atoms with Gasteiger partial charge in [0.05, 0.1) is 15.7 Å². The quantitative estimate of drug-likeness (QED) is 0.757. The van der Waals surface area contributed by atoms with Crippen LogP contribution in [0.4, 0.5) is 13.2 Å². The van der Waals surface area contributed by atoms with Gasteiger partial charge in [-0.1, -0.05) is 5.34 Å². The summed E-state index contributed by atoms with van der Waals surface area (Å²) in [5.41, 5.74) is 0. The van der Waals surface area contributed by atoms with Gasteiger partial charge >= 0.3 is 6.18 Å². The van der Waals surface area contributed by atoms with Gasteiger partial charge in [0.15, 0.2) is 0 Å². The van der Waals surface area contributed by atoms with Crippen molar-refractivity contribution in [3.8, 4) is 0 Å². The molecule has 0 aromatic heterocycles. The summed E-state index contributed by atoms with van der Waals surface area (Å²) in [4.78, 5) is 3.57. The highest BCUT2D eigenvalue weighted by atomic mass is 19.4. The smallest absolute Gasteiger partial charge is 0.315 e. The van der Waals surface area contributed by atoms with Crippen LogP contribution in [-0.4, -0.2) is 81.8 Å². The Balaban J connectivity index is 1.94. The summed E-state index contributed by atoms with van der Waals surface area (Å²) >= 11 is 0. The third-order valence-corrected chi connectivity index (χ3v) is 4.73. The zero-order valence-electron chi connectivity index (χ0n) is 12.5. The third kappa shape index (κ3) is 4.17. The Morgan fingerprint density at radius 2 is 1.76 bits per heavy atom. The molecule has 0 bridgehead atoms. The van der Waals surface area contributed by atoms with Gasteiger partial charge < -0.3 is 10.2 Å². The second-order valence-electron chi connectivity index (χ2n) is 6.17. The average Bonchev–Trinajstić information content (AvgIpc) is 2.58. The van der Waals surface area contributed by atoms with E-state index >= 15 is 0 Å². The molecule has 8 heteroatoms. The highest BCUT2D eigenvalue weighted by Crippen LogP contribution is 2.29. The van der Waals surface area contributed by atoms with Crippen LogP contribution in [0.15, 0.2) is 0 Å². The summed E-state index contributed by atoms with van der Waals surface area (Å²) in [6, 6.07) is -1.22. The number of alkyl halides is 3. The van der Waals surface area contributed by atoms with E-state index < -0.39 is 17.6 Å². The van der Waals surface area contributed by atoms with Crippen molar-refractivity contribution in [1.29, 1.82) is 0 Å². The molecule has 0 saturated carbocycles. The fourth-order valence-corrected chi connectivity index (χ4v) is 3.28. The first-order chi connectivity index (χ1) is 9.72. The maximum absolute atomic E-state index is 12.8. The van der Waals surface area contributed by atoms with Crippen molar-refractivity contribution in [3.63, 3.8) is 0 Å². The third-order valence-electron chi connectivity index (χ3n) is 4.73.